The summed E-state index contributed by atoms with van der Waals surface area (Å²) >= 11 is 0. The van der Waals surface area contributed by atoms with Crippen molar-refractivity contribution >= 4 is 6.09 Å². The summed E-state index contributed by atoms with van der Waals surface area (Å²) in [6.45, 7) is 4.65. The van der Waals surface area contributed by atoms with Crippen molar-refractivity contribution in [2.24, 2.45) is 0 Å². The SMILES string of the molecule is C=CCCCOC(=O)N1C=CC=CC1. The van der Waals surface area contributed by atoms with E-state index in [2.05, 4.69) is 6.58 Å². The molecule has 1 amide bonds. The molecule has 0 aromatic rings. The Morgan fingerprint density at radius 1 is 1.57 bits per heavy atom. The molecule has 0 aliphatic carbocycles. The Morgan fingerprint density at radius 3 is 3.07 bits per heavy atom. The summed E-state index contributed by atoms with van der Waals surface area (Å²) in [6, 6.07) is 0. The van der Waals surface area contributed by atoms with Gasteiger partial charge in [0, 0.05) is 12.7 Å². The molecule has 0 aromatic heterocycles. The second-order valence-electron chi connectivity index (χ2n) is 2.97. The van der Waals surface area contributed by atoms with E-state index in [9.17, 15) is 4.79 Å². The monoisotopic (exact) mass is 193 g/mol. The molecule has 0 radical (unpaired) electrons. The lowest BCUT2D eigenvalue weighted by Crippen LogP contribution is -2.27. The highest BCUT2D eigenvalue weighted by Gasteiger charge is 2.10. The van der Waals surface area contributed by atoms with Gasteiger partial charge in [0.25, 0.3) is 0 Å². The van der Waals surface area contributed by atoms with Crippen LogP contribution in [-0.4, -0.2) is 24.1 Å². The molecular weight excluding hydrogens is 178 g/mol. The molecule has 3 nitrogen and oxygen atoms in total. The molecule has 0 aromatic carbocycles. The van der Waals surface area contributed by atoms with Crippen molar-refractivity contribution in [3.05, 3.63) is 37.1 Å². The van der Waals surface area contributed by atoms with E-state index in [1.165, 1.54) is 4.90 Å². The Labute approximate surface area is 84.3 Å². The topological polar surface area (TPSA) is 29.5 Å². The highest BCUT2D eigenvalue weighted by atomic mass is 16.6. The van der Waals surface area contributed by atoms with Crippen molar-refractivity contribution in [1.29, 1.82) is 0 Å². The number of carbonyl (C=O) groups is 1. The third-order valence-corrected chi connectivity index (χ3v) is 1.83. The third kappa shape index (κ3) is 3.47. The Kier molecular flexibility index (Phi) is 4.55. The Hall–Kier alpha value is -1.51. The molecule has 1 aliphatic rings. The predicted octanol–water partition coefficient (Wildman–Crippen LogP) is 2.47. The largest absolute Gasteiger partial charge is 0.449 e. The average Bonchev–Trinajstić information content (AvgIpc) is 2.25. The fourth-order valence-corrected chi connectivity index (χ4v) is 1.07. The van der Waals surface area contributed by atoms with Crippen LogP contribution in [0.1, 0.15) is 12.8 Å². The number of nitrogens with zero attached hydrogens (tertiary/aromatic N) is 1. The highest BCUT2D eigenvalue weighted by Crippen LogP contribution is 2.02. The van der Waals surface area contributed by atoms with Crippen molar-refractivity contribution in [2.45, 2.75) is 12.8 Å². The first-order valence-corrected chi connectivity index (χ1v) is 4.72. The molecule has 0 bridgehead atoms. The first-order chi connectivity index (χ1) is 6.84. The van der Waals surface area contributed by atoms with E-state index >= 15 is 0 Å². The number of allylic oxidation sites excluding steroid dienone is 3. The summed E-state index contributed by atoms with van der Waals surface area (Å²) in [7, 11) is 0. The number of carbonyl (C=O) groups excluding carboxylic acids is 1. The molecule has 76 valence electrons. The van der Waals surface area contributed by atoms with Gasteiger partial charge in [-0.05, 0) is 18.9 Å². The van der Waals surface area contributed by atoms with Gasteiger partial charge in [-0.25, -0.2) is 4.79 Å². The molecule has 0 atom stereocenters. The maximum atomic E-state index is 11.4. The highest BCUT2D eigenvalue weighted by molar-refractivity contribution is 5.69. The molecule has 0 fully saturated rings. The van der Waals surface area contributed by atoms with E-state index in [0.717, 1.165) is 12.8 Å². The number of hydrogen-bond acceptors (Lipinski definition) is 2. The summed E-state index contributed by atoms with van der Waals surface area (Å²) < 4.78 is 5.04. The van der Waals surface area contributed by atoms with Gasteiger partial charge in [-0.3, -0.25) is 4.90 Å². The minimum Gasteiger partial charge on any atom is -0.449 e. The molecule has 1 heterocycles. The van der Waals surface area contributed by atoms with E-state index in [1.54, 1.807) is 6.20 Å². The maximum absolute atomic E-state index is 11.4. The standard InChI is InChI=1S/C11H15NO2/c1-2-3-7-10-14-11(13)12-8-5-4-6-9-12/h2,4-6,8H,1,3,7,9-10H2. The fourth-order valence-electron chi connectivity index (χ4n) is 1.07. The second kappa shape index (κ2) is 6.02. The van der Waals surface area contributed by atoms with Crippen LogP contribution < -0.4 is 0 Å². The zero-order valence-electron chi connectivity index (χ0n) is 8.19. The van der Waals surface area contributed by atoms with Crippen LogP contribution in [0.3, 0.4) is 0 Å². The fraction of sp³-hybridized carbons (Fsp3) is 0.364. The van der Waals surface area contributed by atoms with Gasteiger partial charge in [0.1, 0.15) is 0 Å². The minimum atomic E-state index is -0.283. The summed E-state index contributed by atoms with van der Waals surface area (Å²) in [4.78, 5) is 12.9. The quantitative estimate of drug-likeness (QED) is 0.507. The van der Waals surface area contributed by atoms with Gasteiger partial charge in [-0.1, -0.05) is 18.2 Å². The molecule has 0 saturated carbocycles. The lowest BCUT2D eigenvalue weighted by molar-refractivity contribution is 0.119. The molecule has 0 spiro atoms. The van der Waals surface area contributed by atoms with Gasteiger partial charge in [0.15, 0.2) is 0 Å². The molecular formula is C11H15NO2. The Balaban J connectivity index is 2.18. The van der Waals surface area contributed by atoms with Gasteiger partial charge < -0.3 is 4.74 Å². The van der Waals surface area contributed by atoms with Crippen molar-refractivity contribution in [3.63, 3.8) is 0 Å². The van der Waals surface area contributed by atoms with Crippen LogP contribution in [0.25, 0.3) is 0 Å². The Morgan fingerprint density at radius 2 is 2.43 bits per heavy atom. The van der Waals surface area contributed by atoms with Crippen LogP contribution in [0.4, 0.5) is 4.79 Å². The van der Waals surface area contributed by atoms with Crippen LogP contribution in [0, 0.1) is 0 Å². The molecule has 3 heteroatoms. The molecule has 1 aliphatic heterocycles. The van der Waals surface area contributed by atoms with E-state index in [-0.39, 0.29) is 6.09 Å². The summed E-state index contributed by atoms with van der Waals surface area (Å²) in [5.41, 5.74) is 0. The van der Waals surface area contributed by atoms with Gasteiger partial charge in [0.05, 0.1) is 6.61 Å². The Bertz CT molecular complexity index is 256. The molecule has 14 heavy (non-hydrogen) atoms. The van der Waals surface area contributed by atoms with Crippen molar-refractivity contribution in [1.82, 2.24) is 4.90 Å². The zero-order chi connectivity index (χ0) is 10.2. The average molecular weight is 193 g/mol. The lowest BCUT2D eigenvalue weighted by atomic mass is 10.3. The van der Waals surface area contributed by atoms with E-state index in [1.807, 2.05) is 24.3 Å². The molecule has 0 unspecified atom stereocenters. The van der Waals surface area contributed by atoms with E-state index in [0.29, 0.717) is 13.2 Å². The summed E-state index contributed by atoms with van der Waals surface area (Å²) in [6.07, 6.45) is 10.6. The first kappa shape index (κ1) is 10.6. The number of unbranched alkanes of at least 4 members (excludes halogenated alkanes) is 1. The molecule has 0 saturated heterocycles. The van der Waals surface area contributed by atoms with Crippen molar-refractivity contribution in [2.75, 3.05) is 13.2 Å². The minimum absolute atomic E-state index is 0.283. The predicted molar refractivity (Wildman–Crippen MR) is 55.8 cm³/mol. The van der Waals surface area contributed by atoms with Gasteiger partial charge in [-0.15, -0.1) is 6.58 Å². The van der Waals surface area contributed by atoms with E-state index < -0.39 is 0 Å². The van der Waals surface area contributed by atoms with Crippen LogP contribution in [0.5, 0.6) is 0 Å². The normalized spacial score (nSPS) is 14.1. The number of rotatable bonds is 4. The maximum Gasteiger partial charge on any atom is 0.414 e. The van der Waals surface area contributed by atoms with Crippen LogP contribution in [0.2, 0.25) is 0 Å². The number of ether oxygens (including phenoxy) is 1. The molecule has 1 rings (SSSR count). The van der Waals surface area contributed by atoms with Crippen LogP contribution in [0.15, 0.2) is 37.1 Å². The second-order valence-corrected chi connectivity index (χ2v) is 2.97. The molecule has 0 N–H and O–H groups in total. The lowest BCUT2D eigenvalue weighted by Gasteiger charge is -2.17. The first-order valence-electron chi connectivity index (χ1n) is 4.72. The number of hydrogen-bond donors (Lipinski definition) is 0. The van der Waals surface area contributed by atoms with Gasteiger partial charge in [0.2, 0.25) is 0 Å². The summed E-state index contributed by atoms with van der Waals surface area (Å²) in [5, 5.41) is 0. The van der Waals surface area contributed by atoms with Crippen molar-refractivity contribution in [3.8, 4) is 0 Å². The zero-order valence-corrected chi connectivity index (χ0v) is 8.19. The van der Waals surface area contributed by atoms with Gasteiger partial charge >= 0.3 is 6.09 Å². The van der Waals surface area contributed by atoms with Crippen LogP contribution >= 0.6 is 0 Å². The smallest absolute Gasteiger partial charge is 0.414 e. The third-order valence-electron chi connectivity index (χ3n) is 1.83. The summed E-state index contributed by atoms with van der Waals surface area (Å²) in [5.74, 6) is 0. The van der Waals surface area contributed by atoms with Crippen molar-refractivity contribution < 1.29 is 9.53 Å². The number of amides is 1. The van der Waals surface area contributed by atoms with Crippen LogP contribution in [-0.2, 0) is 4.74 Å². The van der Waals surface area contributed by atoms with Gasteiger partial charge in [-0.2, -0.15) is 0 Å². The van der Waals surface area contributed by atoms with E-state index in [4.69, 9.17) is 4.74 Å².